The number of hydrogen-bond donors (Lipinski definition) is 0. The molecular weight excluding hydrogens is 422 g/mol. The van der Waals surface area contributed by atoms with Gasteiger partial charge < -0.3 is 4.40 Å². The number of rotatable bonds is 6. The molecule has 4 rings (SSSR count). The predicted octanol–water partition coefficient (Wildman–Crippen LogP) is 4.34. The van der Waals surface area contributed by atoms with Gasteiger partial charge in [0, 0.05) is 36.8 Å². The molecule has 8 heteroatoms. The zero-order valence-corrected chi connectivity index (χ0v) is 17.7. The van der Waals surface area contributed by atoms with Crippen molar-refractivity contribution in [3.8, 4) is 0 Å². The quantitative estimate of drug-likeness (QED) is 0.417. The number of fused-ring (bicyclic) bond motifs is 1. The van der Waals surface area contributed by atoms with Gasteiger partial charge in [-0.15, -0.1) is 0 Å². The minimum absolute atomic E-state index is 0.00952. The van der Waals surface area contributed by atoms with Crippen LogP contribution in [0.2, 0.25) is 5.02 Å². The van der Waals surface area contributed by atoms with E-state index in [1.807, 2.05) is 0 Å². The summed E-state index contributed by atoms with van der Waals surface area (Å²) in [6, 6.07) is 11.7. The highest BCUT2D eigenvalue weighted by Crippen LogP contribution is 2.24. The largest absolute Gasteiger partial charge is 0.306 e. The Morgan fingerprint density at radius 2 is 1.87 bits per heavy atom. The minimum atomic E-state index is -3.74. The van der Waals surface area contributed by atoms with Crippen molar-refractivity contribution >= 4 is 32.9 Å². The number of aryl methyl sites for hydroxylation is 2. The van der Waals surface area contributed by atoms with Crippen molar-refractivity contribution in [1.82, 2.24) is 14.4 Å². The normalized spacial score (nSPS) is 11.7. The van der Waals surface area contributed by atoms with E-state index in [9.17, 15) is 13.2 Å². The highest BCUT2D eigenvalue weighted by molar-refractivity contribution is 7.91. The van der Waals surface area contributed by atoms with Crippen molar-refractivity contribution in [2.24, 2.45) is 0 Å². The number of ketones is 1. The SMILES string of the molecule is Cc1cc(Cl)cnc1S(=O)(=O)c1ccc(CCC(=O)c2ccc3nccn3c2)cc1. The number of nitrogens with zero attached hydrogens (tertiary/aromatic N) is 3. The van der Waals surface area contributed by atoms with E-state index in [4.69, 9.17) is 11.6 Å². The zero-order valence-electron chi connectivity index (χ0n) is 16.1. The second-order valence-corrected chi connectivity index (χ2v) is 9.26. The molecule has 0 radical (unpaired) electrons. The Morgan fingerprint density at radius 1 is 1.10 bits per heavy atom. The lowest BCUT2D eigenvalue weighted by Crippen LogP contribution is -2.07. The summed E-state index contributed by atoms with van der Waals surface area (Å²) in [6.45, 7) is 1.66. The van der Waals surface area contributed by atoms with Crippen molar-refractivity contribution < 1.29 is 13.2 Å². The first-order valence-corrected chi connectivity index (χ1v) is 11.1. The molecule has 0 saturated heterocycles. The molecule has 0 aliphatic rings. The standard InChI is InChI=1S/C22H18ClN3O3S/c1-15-12-18(23)13-25-22(15)30(28,29)19-6-2-16(3-7-19)4-8-20(27)17-5-9-21-24-10-11-26(21)14-17/h2-3,5-7,9-14H,4,8H2,1H3. The van der Waals surface area contributed by atoms with Gasteiger partial charge in [-0.2, -0.15) is 0 Å². The molecule has 0 fully saturated rings. The fourth-order valence-electron chi connectivity index (χ4n) is 3.24. The van der Waals surface area contributed by atoms with Crippen LogP contribution in [0.5, 0.6) is 0 Å². The Kier molecular flexibility index (Phi) is 5.40. The van der Waals surface area contributed by atoms with Crippen molar-refractivity contribution in [2.75, 3.05) is 0 Å². The summed E-state index contributed by atoms with van der Waals surface area (Å²) in [4.78, 5) is 20.8. The van der Waals surface area contributed by atoms with E-state index < -0.39 is 9.84 Å². The van der Waals surface area contributed by atoms with E-state index in [2.05, 4.69) is 9.97 Å². The highest BCUT2D eigenvalue weighted by Gasteiger charge is 2.21. The van der Waals surface area contributed by atoms with Gasteiger partial charge in [0.1, 0.15) is 5.65 Å². The second-order valence-electron chi connectivity index (χ2n) is 6.96. The van der Waals surface area contributed by atoms with Crippen LogP contribution in [0.25, 0.3) is 5.65 Å². The maximum atomic E-state index is 12.8. The van der Waals surface area contributed by atoms with Gasteiger partial charge >= 0.3 is 0 Å². The summed E-state index contributed by atoms with van der Waals surface area (Å²) < 4.78 is 27.5. The number of halogens is 1. The summed E-state index contributed by atoms with van der Waals surface area (Å²) in [5.74, 6) is 0.0169. The summed E-state index contributed by atoms with van der Waals surface area (Å²) in [6.07, 6.45) is 7.40. The van der Waals surface area contributed by atoms with Gasteiger partial charge in [0.05, 0.1) is 9.92 Å². The number of hydrogen-bond acceptors (Lipinski definition) is 5. The summed E-state index contributed by atoms with van der Waals surface area (Å²) in [5.41, 5.74) is 2.77. The topological polar surface area (TPSA) is 81.4 Å². The zero-order chi connectivity index (χ0) is 21.3. The molecule has 6 nitrogen and oxygen atoms in total. The monoisotopic (exact) mass is 439 g/mol. The Balaban J connectivity index is 1.47. The van der Waals surface area contributed by atoms with E-state index in [-0.39, 0.29) is 15.7 Å². The Hall–Kier alpha value is -3.03. The molecule has 0 amide bonds. The first kappa shape index (κ1) is 20.3. The van der Waals surface area contributed by atoms with E-state index in [1.165, 1.54) is 6.20 Å². The van der Waals surface area contributed by atoms with Gasteiger partial charge in [-0.3, -0.25) is 4.79 Å². The van der Waals surface area contributed by atoms with Crippen molar-refractivity contribution in [3.63, 3.8) is 0 Å². The van der Waals surface area contributed by atoms with E-state index in [0.717, 1.165) is 11.2 Å². The summed E-state index contributed by atoms with van der Waals surface area (Å²) >= 11 is 5.87. The first-order chi connectivity index (χ1) is 14.3. The lowest BCUT2D eigenvalue weighted by molar-refractivity contribution is 0.0982. The number of aromatic nitrogens is 3. The number of sulfone groups is 1. The third-order valence-electron chi connectivity index (χ3n) is 4.84. The molecule has 0 aliphatic heterocycles. The van der Waals surface area contributed by atoms with Crippen LogP contribution in [0.3, 0.4) is 0 Å². The van der Waals surface area contributed by atoms with Crippen molar-refractivity contribution in [1.29, 1.82) is 0 Å². The second kappa shape index (κ2) is 8.01. The number of carbonyl (C=O) groups excluding carboxylic acids is 1. The van der Waals surface area contributed by atoms with Crippen molar-refractivity contribution in [2.45, 2.75) is 29.7 Å². The van der Waals surface area contributed by atoms with Gasteiger partial charge in [-0.1, -0.05) is 23.7 Å². The Morgan fingerprint density at radius 3 is 2.60 bits per heavy atom. The smallest absolute Gasteiger partial charge is 0.224 e. The van der Waals surface area contributed by atoms with Crippen LogP contribution in [0.4, 0.5) is 0 Å². The summed E-state index contributed by atoms with van der Waals surface area (Å²) in [5, 5.41) is 0.378. The van der Waals surface area contributed by atoms with Crippen LogP contribution in [0, 0.1) is 6.92 Å². The molecule has 30 heavy (non-hydrogen) atoms. The number of carbonyl (C=O) groups is 1. The Bertz CT molecular complexity index is 1350. The molecule has 0 saturated carbocycles. The predicted molar refractivity (Wildman–Crippen MR) is 114 cm³/mol. The van der Waals surface area contributed by atoms with Crippen LogP contribution in [-0.4, -0.2) is 28.6 Å². The molecule has 0 unspecified atom stereocenters. The minimum Gasteiger partial charge on any atom is -0.306 e. The van der Waals surface area contributed by atoms with Crippen LogP contribution in [0.1, 0.15) is 27.9 Å². The average Bonchev–Trinajstić information content (AvgIpc) is 3.20. The number of imidazole rings is 1. The van der Waals surface area contributed by atoms with Crippen molar-refractivity contribution in [3.05, 3.63) is 89.0 Å². The Labute approximate surface area is 179 Å². The third-order valence-corrected chi connectivity index (χ3v) is 6.87. The fourth-order valence-corrected chi connectivity index (χ4v) is 4.85. The van der Waals surface area contributed by atoms with Crippen LogP contribution < -0.4 is 0 Å². The lowest BCUT2D eigenvalue weighted by Gasteiger charge is -2.08. The van der Waals surface area contributed by atoms with E-state index in [0.29, 0.717) is 29.0 Å². The van der Waals surface area contributed by atoms with E-state index in [1.54, 1.807) is 72.4 Å². The molecule has 0 atom stereocenters. The van der Waals surface area contributed by atoms with Crippen LogP contribution >= 0.6 is 11.6 Å². The maximum Gasteiger partial charge on any atom is 0.224 e. The molecule has 1 aromatic carbocycles. The molecule has 0 spiro atoms. The molecule has 3 aromatic heterocycles. The first-order valence-electron chi connectivity index (χ1n) is 9.27. The molecule has 3 heterocycles. The van der Waals surface area contributed by atoms with Crippen LogP contribution in [-0.2, 0) is 16.3 Å². The highest BCUT2D eigenvalue weighted by atomic mass is 35.5. The molecule has 0 N–H and O–H groups in total. The van der Waals surface area contributed by atoms with Gasteiger partial charge in [-0.25, -0.2) is 18.4 Å². The third kappa shape index (κ3) is 3.99. The van der Waals surface area contributed by atoms with Gasteiger partial charge in [-0.05, 0) is 54.8 Å². The number of pyridine rings is 2. The van der Waals surface area contributed by atoms with Gasteiger partial charge in [0.2, 0.25) is 9.84 Å². The molecule has 152 valence electrons. The van der Waals surface area contributed by atoms with Gasteiger partial charge in [0.15, 0.2) is 10.8 Å². The van der Waals surface area contributed by atoms with Gasteiger partial charge in [0.25, 0.3) is 0 Å². The molecule has 4 aromatic rings. The number of benzene rings is 1. The number of Topliss-reactive ketones (excluding diaryl/α,β-unsaturated/α-hetero) is 1. The lowest BCUT2D eigenvalue weighted by atomic mass is 10.0. The molecule has 0 aliphatic carbocycles. The molecule has 0 bridgehead atoms. The average molecular weight is 440 g/mol. The van der Waals surface area contributed by atoms with E-state index >= 15 is 0 Å². The fraction of sp³-hybridized carbons (Fsp3) is 0.136. The molecular formula is C22H18ClN3O3S. The van der Waals surface area contributed by atoms with Crippen LogP contribution in [0.15, 0.2) is 77.2 Å². The summed E-state index contributed by atoms with van der Waals surface area (Å²) in [7, 11) is -3.74. The maximum absolute atomic E-state index is 12.8.